The van der Waals surface area contributed by atoms with Crippen LogP contribution in [0.25, 0.3) is 0 Å². The van der Waals surface area contributed by atoms with Gasteiger partial charge in [-0.15, -0.1) is 0 Å². The highest BCUT2D eigenvalue weighted by molar-refractivity contribution is 4.92. The fraction of sp³-hybridized carbons (Fsp3) is 1.00. The van der Waals surface area contributed by atoms with Crippen LogP contribution in [0.4, 0.5) is 0 Å². The van der Waals surface area contributed by atoms with Crippen LogP contribution in [0.3, 0.4) is 0 Å². The van der Waals surface area contributed by atoms with Crippen molar-refractivity contribution in [3.05, 3.63) is 0 Å². The molecule has 2 saturated carbocycles. The Bertz CT molecular complexity index is 172. The minimum atomic E-state index is 0.827. The summed E-state index contributed by atoms with van der Waals surface area (Å²) in [5.74, 6) is 3.03. The zero-order valence-electron chi connectivity index (χ0n) is 9.76. The van der Waals surface area contributed by atoms with Gasteiger partial charge in [-0.25, -0.2) is 0 Å². The molecule has 1 nitrogen and oxygen atoms in total. The zero-order valence-corrected chi connectivity index (χ0v) is 9.76. The molecule has 0 aromatic heterocycles. The molecule has 82 valence electrons. The topological polar surface area (TPSA) is 12.0 Å². The number of hydrogen-bond donors (Lipinski definition) is 1. The summed E-state index contributed by atoms with van der Waals surface area (Å²) >= 11 is 0. The molecule has 0 amide bonds. The summed E-state index contributed by atoms with van der Waals surface area (Å²) in [6.45, 7) is 2.40. The van der Waals surface area contributed by atoms with Gasteiger partial charge in [0.2, 0.25) is 0 Å². The van der Waals surface area contributed by atoms with Gasteiger partial charge in [0.1, 0.15) is 0 Å². The van der Waals surface area contributed by atoms with Gasteiger partial charge < -0.3 is 5.32 Å². The van der Waals surface area contributed by atoms with Gasteiger partial charge in [0.15, 0.2) is 0 Å². The Balaban J connectivity index is 1.75. The van der Waals surface area contributed by atoms with Crippen LogP contribution in [0.1, 0.15) is 51.9 Å². The summed E-state index contributed by atoms with van der Waals surface area (Å²) in [6.07, 6.45) is 10.4. The third-order valence-corrected chi connectivity index (χ3v) is 4.37. The Kier molecular flexibility index (Phi) is 3.48. The minimum absolute atomic E-state index is 0.827. The van der Waals surface area contributed by atoms with Crippen LogP contribution in [0, 0.1) is 17.8 Å². The predicted molar refractivity (Wildman–Crippen MR) is 61.3 cm³/mol. The Morgan fingerprint density at radius 3 is 2.36 bits per heavy atom. The summed E-state index contributed by atoms with van der Waals surface area (Å²) in [5, 5.41) is 3.54. The first-order valence-corrected chi connectivity index (χ1v) is 6.48. The smallest absolute Gasteiger partial charge is 0.00976 e. The third kappa shape index (κ3) is 2.50. The molecule has 2 fully saturated rings. The van der Waals surface area contributed by atoms with Crippen LogP contribution in [-0.4, -0.2) is 13.1 Å². The second-order valence-electron chi connectivity index (χ2n) is 5.51. The number of rotatable bonds is 4. The Labute approximate surface area is 88.7 Å². The molecule has 3 unspecified atom stereocenters. The second-order valence-corrected chi connectivity index (χ2v) is 5.51. The molecular formula is C13H25N. The monoisotopic (exact) mass is 195 g/mol. The van der Waals surface area contributed by atoms with E-state index in [1.165, 1.54) is 44.9 Å². The van der Waals surface area contributed by atoms with E-state index >= 15 is 0 Å². The van der Waals surface area contributed by atoms with Crippen molar-refractivity contribution >= 4 is 0 Å². The van der Waals surface area contributed by atoms with Gasteiger partial charge in [-0.05, 0) is 37.6 Å². The lowest BCUT2D eigenvalue weighted by atomic mass is 9.83. The normalized spacial score (nSPS) is 35.6. The zero-order chi connectivity index (χ0) is 9.97. The average molecular weight is 195 g/mol. The first-order chi connectivity index (χ1) is 6.81. The molecule has 2 rings (SSSR count). The fourth-order valence-electron chi connectivity index (χ4n) is 3.20. The highest BCUT2D eigenvalue weighted by atomic mass is 14.9. The molecule has 2 aliphatic carbocycles. The fourth-order valence-corrected chi connectivity index (χ4v) is 3.20. The lowest BCUT2D eigenvalue weighted by molar-refractivity contribution is 0.287. The average Bonchev–Trinajstić information content (AvgIpc) is 2.93. The molecule has 0 aliphatic heterocycles. The summed E-state index contributed by atoms with van der Waals surface area (Å²) < 4.78 is 0. The van der Waals surface area contributed by atoms with Gasteiger partial charge in [0.25, 0.3) is 0 Å². The molecular weight excluding hydrogens is 170 g/mol. The Morgan fingerprint density at radius 2 is 1.86 bits per heavy atom. The van der Waals surface area contributed by atoms with E-state index in [-0.39, 0.29) is 0 Å². The molecule has 0 aromatic rings. The largest absolute Gasteiger partial charge is 0.317 e. The standard InChI is InChI=1S/C13H25N/c1-10-8-12(10)13(14-2)9-11-6-4-3-5-7-11/h10-14H,3-9H2,1-2H3. The van der Waals surface area contributed by atoms with Crippen molar-refractivity contribution in [2.24, 2.45) is 17.8 Å². The van der Waals surface area contributed by atoms with Gasteiger partial charge in [-0.3, -0.25) is 0 Å². The van der Waals surface area contributed by atoms with Crippen molar-refractivity contribution in [1.29, 1.82) is 0 Å². The second kappa shape index (κ2) is 4.65. The van der Waals surface area contributed by atoms with E-state index in [1.54, 1.807) is 0 Å². The van der Waals surface area contributed by atoms with Gasteiger partial charge in [0, 0.05) is 6.04 Å². The van der Waals surface area contributed by atoms with E-state index in [4.69, 9.17) is 0 Å². The van der Waals surface area contributed by atoms with Crippen molar-refractivity contribution in [2.75, 3.05) is 7.05 Å². The lowest BCUT2D eigenvalue weighted by Gasteiger charge is -2.26. The van der Waals surface area contributed by atoms with Gasteiger partial charge in [-0.1, -0.05) is 39.0 Å². The first-order valence-electron chi connectivity index (χ1n) is 6.48. The quantitative estimate of drug-likeness (QED) is 0.726. The van der Waals surface area contributed by atoms with Gasteiger partial charge in [-0.2, -0.15) is 0 Å². The molecule has 1 N–H and O–H groups in total. The number of hydrogen-bond acceptors (Lipinski definition) is 1. The molecule has 1 heteroatoms. The molecule has 0 aromatic carbocycles. The summed E-state index contributed by atoms with van der Waals surface area (Å²) in [5.41, 5.74) is 0. The summed E-state index contributed by atoms with van der Waals surface area (Å²) in [4.78, 5) is 0. The molecule has 3 atom stereocenters. The maximum atomic E-state index is 3.54. The summed E-state index contributed by atoms with van der Waals surface area (Å²) in [6, 6.07) is 0.827. The SMILES string of the molecule is CNC(CC1CCCCC1)C1CC1C. The molecule has 2 aliphatic rings. The van der Waals surface area contributed by atoms with Crippen LogP contribution >= 0.6 is 0 Å². The van der Waals surface area contributed by atoms with E-state index in [1.807, 2.05) is 0 Å². The van der Waals surface area contributed by atoms with E-state index in [9.17, 15) is 0 Å². The van der Waals surface area contributed by atoms with Crippen molar-refractivity contribution < 1.29 is 0 Å². The van der Waals surface area contributed by atoms with Gasteiger partial charge in [0.05, 0.1) is 0 Å². The van der Waals surface area contributed by atoms with Crippen molar-refractivity contribution in [2.45, 2.75) is 57.9 Å². The minimum Gasteiger partial charge on any atom is -0.317 e. The van der Waals surface area contributed by atoms with Crippen molar-refractivity contribution in [3.8, 4) is 0 Å². The molecule has 0 bridgehead atoms. The van der Waals surface area contributed by atoms with Gasteiger partial charge >= 0.3 is 0 Å². The number of nitrogens with one attached hydrogen (secondary N) is 1. The maximum Gasteiger partial charge on any atom is 0.00976 e. The predicted octanol–water partition coefficient (Wildman–Crippen LogP) is 3.20. The van der Waals surface area contributed by atoms with E-state index in [0.717, 1.165) is 23.8 Å². The molecule has 0 saturated heterocycles. The van der Waals surface area contributed by atoms with Crippen LogP contribution in [0.15, 0.2) is 0 Å². The Morgan fingerprint density at radius 1 is 1.21 bits per heavy atom. The van der Waals surface area contributed by atoms with E-state index < -0.39 is 0 Å². The lowest BCUT2D eigenvalue weighted by Crippen LogP contribution is -2.31. The highest BCUT2D eigenvalue weighted by Gasteiger charge is 2.39. The Hall–Kier alpha value is -0.0400. The molecule has 14 heavy (non-hydrogen) atoms. The van der Waals surface area contributed by atoms with E-state index in [2.05, 4.69) is 19.3 Å². The van der Waals surface area contributed by atoms with Crippen LogP contribution in [0.2, 0.25) is 0 Å². The van der Waals surface area contributed by atoms with Crippen molar-refractivity contribution in [1.82, 2.24) is 5.32 Å². The van der Waals surface area contributed by atoms with Crippen molar-refractivity contribution in [3.63, 3.8) is 0 Å². The van der Waals surface area contributed by atoms with Crippen LogP contribution in [-0.2, 0) is 0 Å². The molecule has 0 spiro atoms. The maximum absolute atomic E-state index is 3.54. The molecule has 0 heterocycles. The van der Waals surface area contributed by atoms with Crippen LogP contribution < -0.4 is 5.32 Å². The van der Waals surface area contributed by atoms with E-state index in [0.29, 0.717) is 0 Å². The highest BCUT2D eigenvalue weighted by Crippen LogP contribution is 2.43. The molecule has 0 radical (unpaired) electrons. The summed E-state index contributed by atoms with van der Waals surface area (Å²) in [7, 11) is 2.15. The van der Waals surface area contributed by atoms with Crippen LogP contribution in [0.5, 0.6) is 0 Å². The third-order valence-electron chi connectivity index (χ3n) is 4.37. The first kappa shape index (κ1) is 10.5.